The third-order valence-electron chi connectivity index (χ3n) is 4.49. The molecule has 21 heavy (non-hydrogen) atoms. The van der Waals surface area contributed by atoms with Crippen molar-refractivity contribution >= 4 is 11.9 Å². The number of hydrogen-bond acceptors (Lipinski definition) is 4. The molecule has 0 saturated heterocycles. The van der Waals surface area contributed by atoms with E-state index in [0.717, 1.165) is 19.4 Å². The van der Waals surface area contributed by atoms with Gasteiger partial charge in [0, 0.05) is 37.4 Å². The Balaban J connectivity index is 1.51. The Labute approximate surface area is 122 Å². The Morgan fingerprint density at radius 3 is 2.71 bits per heavy atom. The SMILES string of the molecule is O=C([O-])[C@@H]1[C@H](C(=O)NCCCn2ccnc2)[C@H]2C=C[C@@H]1C2. The van der Waals surface area contributed by atoms with Crippen molar-refractivity contribution in [2.75, 3.05) is 6.54 Å². The quantitative estimate of drug-likeness (QED) is 0.569. The molecule has 0 radical (unpaired) electrons. The number of hydrogen-bond donors (Lipinski definition) is 1. The lowest BCUT2D eigenvalue weighted by atomic mass is 9.82. The van der Waals surface area contributed by atoms with Crippen LogP contribution in [-0.2, 0) is 16.1 Å². The van der Waals surface area contributed by atoms with E-state index in [1.807, 2.05) is 22.9 Å². The number of amides is 1. The number of rotatable bonds is 6. The Bertz CT molecular complexity index is 553. The average Bonchev–Trinajstić information content (AvgIpc) is 3.18. The average molecular weight is 288 g/mol. The molecule has 2 bridgehead atoms. The minimum atomic E-state index is -1.11. The summed E-state index contributed by atoms with van der Waals surface area (Å²) < 4.78 is 1.94. The molecule has 1 saturated carbocycles. The van der Waals surface area contributed by atoms with Gasteiger partial charge in [0.2, 0.25) is 5.91 Å². The molecule has 6 nitrogen and oxygen atoms in total. The molecule has 2 aliphatic rings. The molecule has 0 aromatic carbocycles. The second kappa shape index (κ2) is 5.71. The summed E-state index contributed by atoms with van der Waals surface area (Å²) in [6, 6.07) is 0. The standard InChI is InChI=1S/C15H19N3O3/c19-14(17-4-1-6-18-7-5-16-9-18)12-10-2-3-11(8-10)13(12)15(20)21/h2-3,5,7,9-13H,1,4,6,8H2,(H,17,19)(H,20,21)/p-1/t10-,11+,12+,13-/m0/s1. The predicted octanol–water partition coefficient (Wildman–Crippen LogP) is -0.422. The molecule has 2 aliphatic carbocycles. The number of carboxylic acid groups (broad SMARTS) is 1. The van der Waals surface area contributed by atoms with Crippen molar-refractivity contribution in [3.63, 3.8) is 0 Å². The van der Waals surface area contributed by atoms with Gasteiger partial charge in [-0.05, 0) is 24.7 Å². The first-order valence-corrected chi connectivity index (χ1v) is 7.29. The second-order valence-electron chi connectivity index (χ2n) is 5.76. The van der Waals surface area contributed by atoms with Gasteiger partial charge in [-0.3, -0.25) is 4.79 Å². The molecule has 0 spiro atoms. The van der Waals surface area contributed by atoms with E-state index in [0.29, 0.717) is 6.54 Å². The summed E-state index contributed by atoms with van der Waals surface area (Å²) in [5, 5.41) is 14.1. The number of carboxylic acids is 1. The molecule has 4 atom stereocenters. The maximum atomic E-state index is 12.3. The number of nitrogens with one attached hydrogen (secondary N) is 1. The van der Waals surface area contributed by atoms with E-state index in [1.54, 1.807) is 12.5 Å². The second-order valence-corrected chi connectivity index (χ2v) is 5.76. The van der Waals surface area contributed by atoms with Gasteiger partial charge in [-0.15, -0.1) is 0 Å². The van der Waals surface area contributed by atoms with Gasteiger partial charge in [0.1, 0.15) is 0 Å². The largest absolute Gasteiger partial charge is 0.550 e. The van der Waals surface area contributed by atoms with E-state index < -0.39 is 17.8 Å². The molecule has 1 N–H and O–H groups in total. The highest BCUT2D eigenvalue weighted by atomic mass is 16.4. The van der Waals surface area contributed by atoms with E-state index >= 15 is 0 Å². The topological polar surface area (TPSA) is 87.0 Å². The zero-order valence-corrected chi connectivity index (χ0v) is 11.6. The molecule has 0 unspecified atom stereocenters. The number of carbonyl (C=O) groups is 2. The van der Waals surface area contributed by atoms with Crippen LogP contribution in [0.5, 0.6) is 0 Å². The maximum absolute atomic E-state index is 12.3. The van der Waals surface area contributed by atoms with Crippen molar-refractivity contribution in [1.29, 1.82) is 0 Å². The minimum Gasteiger partial charge on any atom is -0.550 e. The van der Waals surface area contributed by atoms with Gasteiger partial charge in [-0.1, -0.05) is 12.2 Å². The van der Waals surface area contributed by atoms with Crippen molar-refractivity contribution in [1.82, 2.24) is 14.9 Å². The highest BCUT2D eigenvalue weighted by Gasteiger charge is 2.48. The van der Waals surface area contributed by atoms with Crippen LogP contribution in [0.15, 0.2) is 30.9 Å². The molecule has 1 aromatic rings. The van der Waals surface area contributed by atoms with Crippen molar-refractivity contribution in [2.45, 2.75) is 19.4 Å². The first kappa shape index (κ1) is 13.9. The van der Waals surface area contributed by atoms with Gasteiger partial charge in [0.05, 0.1) is 12.2 Å². The number of imidazole rings is 1. The van der Waals surface area contributed by atoms with Crippen LogP contribution in [0.1, 0.15) is 12.8 Å². The number of fused-ring (bicyclic) bond motifs is 2. The van der Waals surface area contributed by atoms with Gasteiger partial charge < -0.3 is 19.8 Å². The molecular formula is C15H18N3O3-. The summed E-state index contributed by atoms with van der Waals surface area (Å²) in [5.41, 5.74) is 0. The monoisotopic (exact) mass is 288 g/mol. The Hall–Kier alpha value is -2.11. The zero-order valence-electron chi connectivity index (χ0n) is 11.6. The fraction of sp³-hybridized carbons (Fsp3) is 0.533. The van der Waals surface area contributed by atoms with E-state index in [4.69, 9.17) is 0 Å². The minimum absolute atomic E-state index is 0.0401. The molecule has 112 valence electrons. The van der Waals surface area contributed by atoms with Gasteiger partial charge in [-0.2, -0.15) is 0 Å². The summed E-state index contributed by atoms with van der Waals surface area (Å²) in [6.07, 6.45) is 10.7. The summed E-state index contributed by atoms with van der Waals surface area (Å²) in [7, 11) is 0. The van der Waals surface area contributed by atoms with Crippen LogP contribution in [-0.4, -0.2) is 28.0 Å². The summed E-state index contributed by atoms with van der Waals surface area (Å²) in [4.78, 5) is 27.5. The van der Waals surface area contributed by atoms with Crippen LogP contribution in [0.4, 0.5) is 0 Å². The molecule has 6 heteroatoms. The maximum Gasteiger partial charge on any atom is 0.224 e. The van der Waals surface area contributed by atoms with E-state index in [-0.39, 0.29) is 17.7 Å². The van der Waals surface area contributed by atoms with Crippen LogP contribution in [0, 0.1) is 23.7 Å². The highest BCUT2D eigenvalue weighted by molar-refractivity contribution is 5.86. The zero-order chi connectivity index (χ0) is 14.8. The highest BCUT2D eigenvalue weighted by Crippen LogP contribution is 2.47. The summed E-state index contributed by atoms with van der Waals surface area (Å²) >= 11 is 0. The number of carbonyl (C=O) groups excluding carboxylic acids is 2. The van der Waals surface area contributed by atoms with Gasteiger partial charge in [-0.25, -0.2) is 4.98 Å². The van der Waals surface area contributed by atoms with Crippen LogP contribution < -0.4 is 10.4 Å². The van der Waals surface area contributed by atoms with Crippen molar-refractivity contribution in [3.8, 4) is 0 Å². The van der Waals surface area contributed by atoms with E-state index in [2.05, 4.69) is 10.3 Å². The third kappa shape index (κ3) is 2.70. The van der Waals surface area contributed by atoms with E-state index in [1.165, 1.54) is 0 Å². The number of aromatic nitrogens is 2. The van der Waals surface area contributed by atoms with Crippen LogP contribution in [0.25, 0.3) is 0 Å². The fourth-order valence-electron chi connectivity index (χ4n) is 3.51. The Morgan fingerprint density at radius 2 is 2.05 bits per heavy atom. The third-order valence-corrected chi connectivity index (χ3v) is 4.49. The lowest BCUT2D eigenvalue weighted by Crippen LogP contribution is -2.45. The van der Waals surface area contributed by atoms with Crippen LogP contribution >= 0.6 is 0 Å². The number of aryl methyl sites for hydroxylation is 1. The molecular weight excluding hydrogens is 270 g/mol. The van der Waals surface area contributed by atoms with Crippen LogP contribution in [0.2, 0.25) is 0 Å². The smallest absolute Gasteiger partial charge is 0.224 e. The first-order valence-electron chi connectivity index (χ1n) is 7.29. The molecule has 1 fully saturated rings. The van der Waals surface area contributed by atoms with Crippen LogP contribution in [0.3, 0.4) is 0 Å². The first-order chi connectivity index (χ1) is 10.2. The Morgan fingerprint density at radius 1 is 1.29 bits per heavy atom. The van der Waals surface area contributed by atoms with Gasteiger partial charge in [0.15, 0.2) is 0 Å². The van der Waals surface area contributed by atoms with Crippen molar-refractivity contribution < 1.29 is 14.7 Å². The molecule has 1 heterocycles. The molecule has 1 amide bonds. The lowest BCUT2D eigenvalue weighted by Gasteiger charge is -2.27. The predicted molar refractivity (Wildman–Crippen MR) is 72.6 cm³/mol. The molecule has 1 aromatic heterocycles. The normalized spacial score (nSPS) is 29.7. The summed E-state index contributed by atoms with van der Waals surface area (Å²) in [5.74, 6) is -2.41. The van der Waals surface area contributed by atoms with E-state index in [9.17, 15) is 14.7 Å². The number of allylic oxidation sites excluding steroid dienone is 2. The summed E-state index contributed by atoms with van der Waals surface area (Å²) in [6.45, 7) is 1.31. The van der Waals surface area contributed by atoms with Gasteiger partial charge >= 0.3 is 0 Å². The fourth-order valence-corrected chi connectivity index (χ4v) is 3.51. The molecule has 0 aliphatic heterocycles. The van der Waals surface area contributed by atoms with Crippen molar-refractivity contribution in [2.24, 2.45) is 23.7 Å². The molecule has 3 rings (SSSR count). The van der Waals surface area contributed by atoms with Gasteiger partial charge in [0.25, 0.3) is 0 Å². The number of nitrogens with zero attached hydrogens (tertiary/aromatic N) is 2. The Kier molecular flexibility index (Phi) is 3.77. The lowest BCUT2D eigenvalue weighted by molar-refractivity contribution is -0.313. The van der Waals surface area contributed by atoms with Crippen molar-refractivity contribution in [3.05, 3.63) is 30.9 Å². The number of aliphatic carboxylic acids is 1.